The molecule has 0 radical (unpaired) electrons. The number of amides is 4. The Kier molecular flexibility index (Phi) is 6.28. The minimum Gasteiger partial charge on any atom is -0.493 e. The summed E-state index contributed by atoms with van der Waals surface area (Å²) in [6.07, 6.45) is 3.40. The lowest BCUT2D eigenvalue weighted by atomic mass is 10.1. The van der Waals surface area contributed by atoms with Crippen LogP contribution in [0.25, 0.3) is 0 Å². The molecule has 0 bridgehead atoms. The van der Waals surface area contributed by atoms with Gasteiger partial charge in [0, 0.05) is 12.7 Å². The molecule has 1 aromatic carbocycles. The molecule has 9 nitrogen and oxygen atoms in total. The van der Waals surface area contributed by atoms with Gasteiger partial charge in [0.15, 0.2) is 11.5 Å². The molecule has 9 heteroatoms. The van der Waals surface area contributed by atoms with Gasteiger partial charge in [0.25, 0.3) is 5.91 Å². The molecule has 4 amide bonds. The van der Waals surface area contributed by atoms with Crippen LogP contribution in [0, 0.1) is 0 Å². The summed E-state index contributed by atoms with van der Waals surface area (Å²) < 4.78 is 10.5. The zero-order valence-corrected chi connectivity index (χ0v) is 16.2. The summed E-state index contributed by atoms with van der Waals surface area (Å²) >= 11 is 0. The van der Waals surface area contributed by atoms with Gasteiger partial charge in [-0.2, -0.15) is 0 Å². The second kappa shape index (κ2) is 9.05. The van der Waals surface area contributed by atoms with Gasteiger partial charge >= 0.3 is 6.03 Å². The third-order valence-electron chi connectivity index (χ3n) is 4.51. The molecule has 3 rings (SSSR count). The van der Waals surface area contributed by atoms with E-state index in [0.29, 0.717) is 23.6 Å². The highest BCUT2D eigenvalue weighted by Gasteiger charge is 2.38. The Bertz CT molecular complexity index is 903. The number of carbonyl (C=O) groups excluding carboxylic acids is 3. The largest absolute Gasteiger partial charge is 0.493 e. The van der Waals surface area contributed by atoms with Crippen molar-refractivity contribution in [3.8, 4) is 11.5 Å². The minimum absolute atomic E-state index is 0.147. The first-order chi connectivity index (χ1) is 14.0. The summed E-state index contributed by atoms with van der Waals surface area (Å²) in [6.45, 7) is 0.195. The van der Waals surface area contributed by atoms with Crippen LogP contribution in [0.2, 0.25) is 0 Å². The van der Waals surface area contributed by atoms with Gasteiger partial charge in [0.2, 0.25) is 5.91 Å². The van der Waals surface area contributed by atoms with Gasteiger partial charge in [-0.25, -0.2) is 4.79 Å². The summed E-state index contributed by atoms with van der Waals surface area (Å²) in [5.41, 5.74) is 1.42. The average Bonchev–Trinajstić information content (AvgIpc) is 2.99. The van der Waals surface area contributed by atoms with Crippen LogP contribution in [-0.4, -0.2) is 54.5 Å². The SMILES string of the molecule is COc1ccc(CCN2C(=O)N[C@H](CC(=O)Nc3cccnc3)C2=O)cc1OC. The first kappa shape index (κ1) is 20.1. The van der Waals surface area contributed by atoms with E-state index in [2.05, 4.69) is 15.6 Å². The number of carbonyl (C=O) groups is 3. The normalized spacial score (nSPS) is 15.8. The second-order valence-electron chi connectivity index (χ2n) is 6.43. The molecule has 1 saturated heterocycles. The van der Waals surface area contributed by atoms with Gasteiger partial charge in [-0.3, -0.25) is 19.5 Å². The monoisotopic (exact) mass is 398 g/mol. The van der Waals surface area contributed by atoms with Gasteiger partial charge in [-0.05, 0) is 36.2 Å². The van der Waals surface area contributed by atoms with Crippen molar-refractivity contribution < 1.29 is 23.9 Å². The lowest BCUT2D eigenvalue weighted by Crippen LogP contribution is -2.34. The predicted octanol–water partition coefficient (Wildman–Crippen LogP) is 1.59. The molecule has 2 heterocycles. The van der Waals surface area contributed by atoms with Gasteiger partial charge in [-0.1, -0.05) is 6.07 Å². The van der Waals surface area contributed by atoms with Crippen molar-refractivity contribution in [3.63, 3.8) is 0 Å². The van der Waals surface area contributed by atoms with Crippen LogP contribution in [0.1, 0.15) is 12.0 Å². The maximum Gasteiger partial charge on any atom is 0.324 e. The number of benzene rings is 1. The van der Waals surface area contributed by atoms with Crippen molar-refractivity contribution in [2.75, 3.05) is 26.1 Å². The number of pyridine rings is 1. The van der Waals surface area contributed by atoms with Crippen LogP contribution in [-0.2, 0) is 16.0 Å². The molecule has 1 aliphatic heterocycles. The molecule has 0 unspecified atom stereocenters. The molecule has 2 N–H and O–H groups in total. The molecule has 1 aliphatic rings. The zero-order valence-electron chi connectivity index (χ0n) is 16.2. The molecule has 0 aliphatic carbocycles. The van der Waals surface area contributed by atoms with Crippen LogP contribution < -0.4 is 20.1 Å². The molecular weight excluding hydrogens is 376 g/mol. The number of nitrogens with zero attached hydrogens (tertiary/aromatic N) is 2. The number of aromatic nitrogens is 1. The van der Waals surface area contributed by atoms with Crippen LogP contribution in [0.3, 0.4) is 0 Å². The summed E-state index contributed by atoms with van der Waals surface area (Å²) in [6, 6.07) is 7.41. The fraction of sp³-hybridized carbons (Fsp3) is 0.300. The highest BCUT2D eigenvalue weighted by Crippen LogP contribution is 2.27. The number of hydrogen-bond donors (Lipinski definition) is 2. The average molecular weight is 398 g/mol. The van der Waals surface area contributed by atoms with Crippen molar-refractivity contribution in [3.05, 3.63) is 48.3 Å². The Morgan fingerprint density at radius 3 is 2.69 bits per heavy atom. The van der Waals surface area contributed by atoms with Crippen LogP contribution in [0.4, 0.5) is 10.5 Å². The van der Waals surface area contributed by atoms with Gasteiger partial charge < -0.3 is 20.1 Å². The highest BCUT2D eigenvalue weighted by atomic mass is 16.5. The standard InChI is InChI=1S/C20H22N4O5/c1-28-16-6-5-13(10-17(16)29-2)7-9-24-19(26)15(23-20(24)27)11-18(25)22-14-4-3-8-21-12-14/h3-6,8,10,12,15H,7,9,11H2,1-2H3,(H,22,25)(H,23,27)/t15-/m1/s1. The molecule has 0 spiro atoms. The van der Waals surface area contributed by atoms with Crippen molar-refractivity contribution >= 4 is 23.5 Å². The number of anilines is 1. The zero-order chi connectivity index (χ0) is 20.8. The third-order valence-corrected chi connectivity index (χ3v) is 4.51. The number of imide groups is 1. The smallest absolute Gasteiger partial charge is 0.324 e. The topological polar surface area (TPSA) is 110 Å². The number of rotatable bonds is 8. The van der Waals surface area contributed by atoms with E-state index in [4.69, 9.17) is 9.47 Å². The van der Waals surface area contributed by atoms with Gasteiger partial charge in [0.05, 0.1) is 32.5 Å². The highest BCUT2D eigenvalue weighted by molar-refractivity contribution is 6.06. The Hall–Kier alpha value is -3.62. The molecule has 152 valence electrons. The maximum atomic E-state index is 12.6. The van der Waals surface area contributed by atoms with Crippen LogP contribution >= 0.6 is 0 Å². The molecule has 1 fully saturated rings. The Morgan fingerprint density at radius 1 is 1.21 bits per heavy atom. The van der Waals surface area contributed by atoms with Crippen molar-refractivity contribution in [1.29, 1.82) is 0 Å². The number of urea groups is 1. The summed E-state index contributed by atoms with van der Waals surface area (Å²) in [4.78, 5) is 41.9. The maximum absolute atomic E-state index is 12.6. The van der Waals surface area contributed by atoms with E-state index >= 15 is 0 Å². The predicted molar refractivity (Wildman–Crippen MR) is 105 cm³/mol. The van der Waals surface area contributed by atoms with E-state index < -0.39 is 18.0 Å². The van der Waals surface area contributed by atoms with Gasteiger partial charge in [-0.15, -0.1) is 0 Å². The fourth-order valence-corrected chi connectivity index (χ4v) is 3.04. The molecule has 0 saturated carbocycles. The number of nitrogens with one attached hydrogen (secondary N) is 2. The second-order valence-corrected chi connectivity index (χ2v) is 6.43. The van der Waals surface area contributed by atoms with Gasteiger partial charge in [0.1, 0.15) is 6.04 Å². The molecular formula is C20H22N4O5. The van der Waals surface area contributed by atoms with Crippen LogP contribution in [0.15, 0.2) is 42.7 Å². The molecule has 1 aromatic heterocycles. The van der Waals surface area contributed by atoms with Crippen molar-refractivity contribution in [2.24, 2.45) is 0 Å². The Morgan fingerprint density at radius 2 is 2.00 bits per heavy atom. The lowest BCUT2D eigenvalue weighted by molar-refractivity contribution is -0.129. The number of hydrogen-bond acceptors (Lipinski definition) is 6. The first-order valence-corrected chi connectivity index (χ1v) is 9.04. The van der Waals surface area contributed by atoms with E-state index in [9.17, 15) is 14.4 Å². The fourth-order valence-electron chi connectivity index (χ4n) is 3.04. The summed E-state index contributed by atoms with van der Waals surface area (Å²) in [5, 5.41) is 5.21. The van der Waals surface area contributed by atoms with E-state index in [1.807, 2.05) is 6.07 Å². The number of methoxy groups -OCH3 is 2. The Labute approximate surface area is 168 Å². The van der Waals surface area contributed by atoms with E-state index in [-0.39, 0.29) is 18.9 Å². The lowest BCUT2D eigenvalue weighted by Gasteiger charge is -2.14. The first-order valence-electron chi connectivity index (χ1n) is 9.04. The molecule has 29 heavy (non-hydrogen) atoms. The van der Waals surface area contributed by atoms with Crippen molar-refractivity contribution in [1.82, 2.24) is 15.2 Å². The van der Waals surface area contributed by atoms with E-state index in [1.165, 1.54) is 6.20 Å². The molecule has 1 atom stereocenters. The number of ether oxygens (including phenoxy) is 2. The summed E-state index contributed by atoms with van der Waals surface area (Å²) in [5.74, 6) is 0.383. The molecule has 2 aromatic rings. The van der Waals surface area contributed by atoms with E-state index in [0.717, 1.165) is 10.5 Å². The van der Waals surface area contributed by atoms with Crippen molar-refractivity contribution in [2.45, 2.75) is 18.9 Å². The summed E-state index contributed by atoms with van der Waals surface area (Å²) in [7, 11) is 3.09. The minimum atomic E-state index is -0.885. The van der Waals surface area contributed by atoms with E-state index in [1.54, 1.807) is 44.7 Å². The Balaban J connectivity index is 1.57. The van der Waals surface area contributed by atoms with Crippen LogP contribution in [0.5, 0.6) is 11.5 Å². The quantitative estimate of drug-likeness (QED) is 0.654. The third kappa shape index (κ3) is 4.81.